The molecule has 0 bridgehead atoms. The van der Waals surface area contributed by atoms with Crippen LogP contribution in [-0.4, -0.2) is 31.6 Å². The van der Waals surface area contributed by atoms with E-state index in [0.29, 0.717) is 24.8 Å². The van der Waals surface area contributed by atoms with Crippen LogP contribution in [0.25, 0.3) is 0 Å². The summed E-state index contributed by atoms with van der Waals surface area (Å²) in [5.41, 5.74) is 1.50. The van der Waals surface area contributed by atoms with Gasteiger partial charge in [0.05, 0.1) is 12.5 Å². The Morgan fingerprint density at radius 3 is 2.33 bits per heavy atom. The molecule has 2 aromatic rings. The standard InChI is InChI=1S/C23H26ClFN2O3/c1-16(28)27-21(17-2-6-19(24)7-3-17)14-22(29)26-15-23(10-12-30-13-11-23)18-4-8-20(25)9-5-18/h2-9,21H,10-15H2,1H3,(H,26,29)(H,27,28). The molecule has 1 heterocycles. The second kappa shape index (κ2) is 10.0. The van der Waals surface area contributed by atoms with Crippen molar-refractivity contribution < 1.29 is 18.7 Å². The van der Waals surface area contributed by atoms with E-state index < -0.39 is 6.04 Å². The first-order valence-corrected chi connectivity index (χ1v) is 10.4. The van der Waals surface area contributed by atoms with Gasteiger partial charge in [0.1, 0.15) is 5.82 Å². The minimum absolute atomic E-state index is 0.108. The lowest BCUT2D eigenvalue weighted by Crippen LogP contribution is -2.45. The van der Waals surface area contributed by atoms with E-state index in [1.54, 1.807) is 36.4 Å². The van der Waals surface area contributed by atoms with Crippen molar-refractivity contribution in [2.24, 2.45) is 0 Å². The molecule has 1 aliphatic rings. The second-order valence-electron chi connectivity index (χ2n) is 7.69. The third kappa shape index (κ3) is 5.80. The number of ether oxygens (including phenoxy) is 1. The molecule has 0 saturated carbocycles. The Balaban J connectivity index is 1.70. The van der Waals surface area contributed by atoms with Crippen molar-refractivity contribution in [3.05, 3.63) is 70.5 Å². The number of hydrogen-bond donors (Lipinski definition) is 2. The summed E-state index contributed by atoms with van der Waals surface area (Å²) in [4.78, 5) is 24.4. The normalized spacial score (nSPS) is 16.5. The van der Waals surface area contributed by atoms with Gasteiger partial charge in [-0.3, -0.25) is 9.59 Å². The summed E-state index contributed by atoms with van der Waals surface area (Å²) < 4.78 is 18.9. The van der Waals surface area contributed by atoms with Crippen molar-refractivity contribution >= 4 is 23.4 Å². The highest BCUT2D eigenvalue weighted by molar-refractivity contribution is 6.30. The van der Waals surface area contributed by atoms with Gasteiger partial charge < -0.3 is 15.4 Å². The van der Waals surface area contributed by atoms with Crippen molar-refractivity contribution in [1.29, 1.82) is 0 Å². The Morgan fingerprint density at radius 1 is 1.10 bits per heavy atom. The van der Waals surface area contributed by atoms with Crippen LogP contribution < -0.4 is 10.6 Å². The predicted molar refractivity (Wildman–Crippen MR) is 114 cm³/mol. The maximum absolute atomic E-state index is 13.4. The van der Waals surface area contributed by atoms with Gasteiger partial charge in [-0.05, 0) is 48.2 Å². The Bertz CT molecular complexity index is 865. The van der Waals surface area contributed by atoms with E-state index in [-0.39, 0.29) is 29.5 Å². The average molecular weight is 433 g/mol. The van der Waals surface area contributed by atoms with Gasteiger partial charge >= 0.3 is 0 Å². The monoisotopic (exact) mass is 432 g/mol. The molecule has 0 aromatic heterocycles. The van der Waals surface area contributed by atoms with Gasteiger partial charge in [-0.25, -0.2) is 4.39 Å². The number of amides is 2. The number of benzene rings is 2. The molecule has 1 fully saturated rings. The molecule has 2 amide bonds. The maximum atomic E-state index is 13.4. The highest BCUT2D eigenvalue weighted by atomic mass is 35.5. The minimum Gasteiger partial charge on any atom is -0.381 e. The van der Waals surface area contributed by atoms with Gasteiger partial charge in [-0.2, -0.15) is 0 Å². The Morgan fingerprint density at radius 2 is 1.73 bits per heavy atom. The molecule has 5 nitrogen and oxygen atoms in total. The summed E-state index contributed by atoms with van der Waals surface area (Å²) in [7, 11) is 0. The van der Waals surface area contributed by atoms with Crippen LogP contribution in [0, 0.1) is 5.82 Å². The van der Waals surface area contributed by atoms with Crippen molar-refractivity contribution in [3.8, 4) is 0 Å². The third-order valence-electron chi connectivity index (χ3n) is 5.57. The zero-order valence-electron chi connectivity index (χ0n) is 16.9. The van der Waals surface area contributed by atoms with Gasteiger partial charge in [-0.15, -0.1) is 0 Å². The van der Waals surface area contributed by atoms with Crippen molar-refractivity contribution in [2.45, 2.75) is 37.6 Å². The van der Waals surface area contributed by atoms with Crippen LogP contribution in [0.3, 0.4) is 0 Å². The molecule has 160 valence electrons. The summed E-state index contributed by atoms with van der Waals surface area (Å²) in [6, 6.07) is 13.1. The van der Waals surface area contributed by atoms with Gasteiger partial charge in [0, 0.05) is 37.1 Å². The molecule has 1 atom stereocenters. The lowest BCUT2D eigenvalue weighted by Gasteiger charge is -2.38. The van der Waals surface area contributed by atoms with E-state index in [4.69, 9.17) is 16.3 Å². The van der Waals surface area contributed by atoms with Crippen LogP contribution in [0.5, 0.6) is 0 Å². The highest BCUT2D eigenvalue weighted by Gasteiger charge is 2.35. The summed E-state index contributed by atoms with van der Waals surface area (Å²) >= 11 is 5.95. The Kier molecular flexibility index (Phi) is 7.45. The van der Waals surface area contributed by atoms with E-state index in [1.165, 1.54) is 19.1 Å². The van der Waals surface area contributed by atoms with E-state index >= 15 is 0 Å². The molecular formula is C23H26ClFN2O3. The molecule has 2 N–H and O–H groups in total. The quantitative estimate of drug-likeness (QED) is 0.697. The number of rotatable bonds is 7. The van der Waals surface area contributed by atoms with Crippen LogP contribution >= 0.6 is 11.6 Å². The van der Waals surface area contributed by atoms with Gasteiger partial charge in [0.2, 0.25) is 11.8 Å². The van der Waals surface area contributed by atoms with Crippen LogP contribution in [0.1, 0.15) is 43.4 Å². The number of halogens is 2. The first kappa shape index (κ1) is 22.2. The van der Waals surface area contributed by atoms with E-state index in [2.05, 4.69) is 10.6 Å². The molecule has 2 aromatic carbocycles. The van der Waals surface area contributed by atoms with Gasteiger partial charge in [0.15, 0.2) is 0 Å². The smallest absolute Gasteiger partial charge is 0.222 e. The summed E-state index contributed by atoms with van der Waals surface area (Å²) in [6.45, 7) is 3.03. The molecule has 1 aliphatic heterocycles. The van der Waals surface area contributed by atoms with E-state index in [0.717, 1.165) is 24.0 Å². The van der Waals surface area contributed by atoms with Crippen molar-refractivity contribution in [3.63, 3.8) is 0 Å². The van der Waals surface area contributed by atoms with Gasteiger partial charge in [-0.1, -0.05) is 35.9 Å². The lowest BCUT2D eigenvalue weighted by atomic mass is 9.74. The molecule has 1 saturated heterocycles. The molecule has 0 spiro atoms. The van der Waals surface area contributed by atoms with Crippen LogP contribution in [-0.2, 0) is 19.7 Å². The van der Waals surface area contributed by atoms with Crippen molar-refractivity contribution in [1.82, 2.24) is 10.6 Å². The van der Waals surface area contributed by atoms with Crippen LogP contribution in [0.2, 0.25) is 5.02 Å². The SMILES string of the molecule is CC(=O)NC(CC(=O)NCC1(c2ccc(F)cc2)CCOCC1)c1ccc(Cl)cc1. The summed E-state index contributed by atoms with van der Waals surface area (Å²) in [5.74, 6) is -0.669. The number of carbonyl (C=O) groups is 2. The zero-order chi connectivity index (χ0) is 21.6. The fraction of sp³-hybridized carbons (Fsp3) is 0.391. The number of nitrogens with one attached hydrogen (secondary N) is 2. The van der Waals surface area contributed by atoms with Crippen LogP contribution in [0.4, 0.5) is 4.39 Å². The summed E-state index contributed by atoms with van der Waals surface area (Å²) in [5, 5.41) is 6.44. The predicted octanol–water partition coefficient (Wildman–Crippen LogP) is 3.91. The molecule has 0 aliphatic carbocycles. The second-order valence-corrected chi connectivity index (χ2v) is 8.12. The Labute approximate surface area is 181 Å². The van der Waals surface area contributed by atoms with Crippen LogP contribution in [0.15, 0.2) is 48.5 Å². The minimum atomic E-state index is -0.448. The first-order valence-electron chi connectivity index (χ1n) is 10.0. The molecule has 3 rings (SSSR count). The zero-order valence-corrected chi connectivity index (χ0v) is 17.7. The maximum Gasteiger partial charge on any atom is 0.222 e. The summed E-state index contributed by atoms with van der Waals surface area (Å²) in [6.07, 6.45) is 1.59. The first-order chi connectivity index (χ1) is 14.4. The molecule has 1 unspecified atom stereocenters. The highest BCUT2D eigenvalue weighted by Crippen LogP contribution is 2.34. The van der Waals surface area contributed by atoms with Gasteiger partial charge in [0.25, 0.3) is 0 Å². The largest absolute Gasteiger partial charge is 0.381 e. The third-order valence-corrected chi connectivity index (χ3v) is 5.82. The fourth-order valence-corrected chi connectivity index (χ4v) is 3.98. The number of carbonyl (C=O) groups excluding carboxylic acids is 2. The van der Waals surface area contributed by atoms with E-state index in [1.807, 2.05) is 0 Å². The fourth-order valence-electron chi connectivity index (χ4n) is 3.85. The molecule has 0 radical (unpaired) electrons. The van der Waals surface area contributed by atoms with Crippen molar-refractivity contribution in [2.75, 3.05) is 19.8 Å². The topological polar surface area (TPSA) is 67.4 Å². The van der Waals surface area contributed by atoms with E-state index in [9.17, 15) is 14.0 Å². The molecule has 7 heteroatoms. The lowest BCUT2D eigenvalue weighted by molar-refractivity contribution is -0.123. The number of hydrogen-bond acceptors (Lipinski definition) is 3. The molecule has 30 heavy (non-hydrogen) atoms. The Hall–Kier alpha value is -2.44. The molecular weight excluding hydrogens is 407 g/mol. The average Bonchev–Trinajstić information content (AvgIpc) is 2.73.